The van der Waals surface area contributed by atoms with Crippen molar-refractivity contribution in [3.63, 3.8) is 0 Å². The molecule has 2 aromatic carbocycles. The molecule has 1 saturated carbocycles. The minimum absolute atomic E-state index is 0.0183. The molecule has 0 atom stereocenters. The van der Waals surface area contributed by atoms with Crippen LogP contribution in [0.5, 0.6) is 11.5 Å². The van der Waals surface area contributed by atoms with Crippen molar-refractivity contribution in [1.29, 1.82) is 0 Å². The molecular formula is C26H29N3O8S2. The molecule has 1 aliphatic heterocycles. The molecule has 11 nitrogen and oxygen atoms in total. The van der Waals surface area contributed by atoms with Crippen LogP contribution in [0.25, 0.3) is 6.08 Å². The van der Waals surface area contributed by atoms with E-state index in [1.807, 2.05) is 0 Å². The fraction of sp³-hybridized carbons (Fsp3) is 0.385. The number of sulfonamides is 1. The van der Waals surface area contributed by atoms with Crippen molar-refractivity contribution in [2.45, 2.75) is 43.9 Å². The third kappa shape index (κ3) is 6.04. The van der Waals surface area contributed by atoms with E-state index >= 15 is 0 Å². The number of amides is 2. The second-order valence-electron chi connectivity index (χ2n) is 9.77. The Kier molecular flexibility index (Phi) is 8.21. The summed E-state index contributed by atoms with van der Waals surface area (Å²) in [6.45, 7) is 2.52. The Labute approximate surface area is 230 Å². The van der Waals surface area contributed by atoms with Gasteiger partial charge < -0.3 is 9.47 Å². The number of hydrogen-bond donors (Lipinski definition) is 1. The fourth-order valence-corrected chi connectivity index (χ4v) is 6.94. The van der Waals surface area contributed by atoms with Gasteiger partial charge in [0, 0.05) is 12.2 Å². The van der Waals surface area contributed by atoms with Gasteiger partial charge in [-0.2, -0.15) is 0 Å². The summed E-state index contributed by atoms with van der Waals surface area (Å²) in [4.78, 5) is 37.5. The number of benzene rings is 2. The van der Waals surface area contributed by atoms with Crippen LogP contribution in [0.3, 0.4) is 0 Å². The molecule has 1 heterocycles. The molecule has 0 aromatic heterocycles. The second-order valence-corrected chi connectivity index (χ2v) is 12.4. The maximum atomic E-state index is 13.0. The zero-order valence-electron chi connectivity index (χ0n) is 21.8. The van der Waals surface area contributed by atoms with Crippen LogP contribution in [-0.4, -0.2) is 50.2 Å². The first-order valence-corrected chi connectivity index (χ1v) is 14.6. The first-order chi connectivity index (χ1) is 18.5. The molecule has 2 aliphatic rings. The molecule has 39 heavy (non-hydrogen) atoms. The highest BCUT2D eigenvalue weighted by molar-refractivity contribution is 8.18. The topological polar surface area (TPSA) is 145 Å². The fourth-order valence-electron chi connectivity index (χ4n) is 4.87. The number of nitro benzene ring substituents is 1. The van der Waals surface area contributed by atoms with Gasteiger partial charge in [0.1, 0.15) is 0 Å². The normalized spacial score (nSPS) is 18.3. The largest absolute Gasteiger partial charge is 0.493 e. The van der Waals surface area contributed by atoms with Crippen molar-refractivity contribution in [3.8, 4) is 11.5 Å². The summed E-state index contributed by atoms with van der Waals surface area (Å²) >= 11 is 0.887. The summed E-state index contributed by atoms with van der Waals surface area (Å²) in [6, 6.07) is 8.42. The highest BCUT2D eigenvalue weighted by Gasteiger charge is 2.40. The molecule has 0 bridgehead atoms. The van der Waals surface area contributed by atoms with Crippen LogP contribution in [0, 0.1) is 15.5 Å². The molecule has 0 spiro atoms. The number of nitro groups is 1. The Morgan fingerprint density at radius 3 is 2.33 bits per heavy atom. The molecular weight excluding hydrogens is 546 g/mol. The number of nitrogens with one attached hydrogen (secondary N) is 1. The van der Waals surface area contributed by atoms with E-state index in [-0.39, 0.29) is 33.7 Å². The van der Waals surface area contributed by atoms with Gasteiger partial charge >= 0.3 is 5.69 Å². The number of rotatable bonds is 9. The Morgan fingerprint density at radius 1 is 1.08 bits per heavy atom. The summed E-state index contributed by atoms with van der Waals surface area (Å²) in [5.41, 5.74) is -0.0840. The van der Waals surface area contributed by atoms with Gasteiger partial charge in [-0.25, -0.2) is 8.42 Å². The summed E-state index contributed by atoms with van der Waals surface area (Å²) in [5.74, 6) is -0.626. The molecule has 1 saturated heterocycles. The molecule has 2 amide bonds. The van der Waals surface area contributed by atoms with Gasteiger partial charge in [-0.05, 0) is 65.9 Å². The third-order valence-electron chi connectivity index (χ3n) is 6.89. The van der Waals surface area contributed by atoms with Crippen molar-refractivity contribution in [2.75, 3.05) is 25.5 Å². The molecule has 2 aromatic rings. The maximum absolute atomic E-state index is 13.0. The number of imide groups is 1. The summed E-state index contributed by atoms with van der Waals surface area (Å²) in [5, 5.41) is 11.4. The second kappa shape index (κ2) is 11.3. The lowest BCUT2D eigenvalue weighted by atomic mass is 9.75. The van der Waals surface area contributed by atoms with Crippen LogP contribution < -0.4 is 14.2 Å². The smallest absolute Gasteiger partial charge is 0.335 e. The number of nitrogens with zero attached hydrogens (tertiary/aromatic N) is 2. The van der Waals surface area contributed by atoms with Gasteiger partial charge in [-0.1, -0.05) is 38.3 Å². The quantitative estimate of drug-likeness (QED) is 0.235. The molecule has 0 radical (unpaired) electrons. The van der Waals surface area contributed by atoms with Gasteiger partial charge in [0.15, 0.2) is 10.6 Å². The summed E-state index contributed by atoms with van der Waals surface area (Å²) in [6.07, 6.45) is 6.92. The van der Waals surface area contributed by atoms with Crippen LogP contribution in [0.4, 0.5) is 16.2 Å². The Bertz CT molecular complexity index is 1430. The van der Waals surface area contributed by atoms with E-state index < -0.39 is 25.5 Å². The molecule has 13 heteroatoms. The Balaban J connectivity index is 1.52. The monoisotopic (exact) mass is 575 g/mol. The van der Waals surface area contributed by atoms with E-state index in [9.17, 15) is 28.1 Å². The predicted octanol–water partition coefficient (Wildman–Crippen LogP) is 5.42. The molecule has 1 aliphatic carbocycles. The van der Waals surface area contributed by atoms with Crippen molar-refractivity contribution in [1.82, 2.24) is 4.90 Å². The summed E-state index contributed by atoms with van der Waals surface area (Å²) < 4.78 is 38.5. The summed E-state index contributed by atoms with van der Waals surface area (Å²) in [7, 11) is -1.91. The zero-order chi connectivity index (χ0) is 28.4. The molecule has 2 fully saturated rings. The van der Waals surface area contributed by atoms with E-state index in [1.165, 1.54) is 43.7 Å². The van der Waals surface area contributed by atoms with E-state index in [2.05, 4.69) is 11.6 Å². The SMILES string of the molecule is COc1ccc(S(=O)(=O)Nc2ccc(C=C3SC(=O)N(CC4(C)CCCCC4)C3=O)cc2)c([N+](=O)[O-])c1OC. The highest BCUT2D eigenvalue weighted by Crippen LogP contribution is 2.42. The number of ether oxygens (including phenoxy) is 2. The van der Waals surface area contributed by atoms with E-state index in [0.29, 0.717) is 17.0 Å². The molecule has 4 rings (SSSR count). The lowest BCUT2D eigenvalue weighted by Gasteiger charge is -2.35. The minimum Gasteiger partial charge on any atom is -0.493 e. The number of carbonyl (C=O) groups excluding carboxylic acids is 2. The van der Waals surface area contributed by atoms with Gasteiger partial charge in [0.05, 0.1) is 24.0 Å². The highest BCUT2D eigenvalue weighted by atomic mass is 32.2. The van der Waals surface area contributed by atoms with Crippen LogP contribution in [0.2, 0.25) is 0 Å². The van der Waals surface area contributed by atoms with E-state index in [0.717, 1.165) is 43.5 Å². The van der Waals surface area contributed by atoms with Gasteiger partial charge in [-0.15, -0.1) is 0 Å². The van der Waals surface area contributed by atoms with Gasteiger partial charge in [0.25, 0.3) is 21.2 Å². The van der Waals surface area contributed by atoms with Gasteiger partial charge in [0.2, 0.25) is 5.75 Å². The van der Waals surface area contributed by atoms with Crippen LogP contribution >= 0.6 is 11.8 Å². The number of thioether (sulfide) groups is 1. The van der Waals surface area contributed by atoms with Crippen molar-refractivity contribution >= 4 is 50.4 Å². The lowest BCUT2D eigenvalue weighted by molar-refractivity contribution is -0.388. The minimum atomic E-state index is -4.38. The van der Waals surface area contributed by atoms with E-state index in [4.69, 9.17) is 9.47 Å². The number of methoxy groups -OCH3 is 2. The van der Waals surface area contributed by atoms with Crippen molar-refractivity contribution in [3.05, 3.63) is 57.0 Å². The third-order valence-corrected chi connectivity index (χ3v) is 9.21. The zero-order valence-corrected chi connectivity index (χ0v) is 23.4. The first kappa shape index (κ1) is 28.4. The predicted molar refractivity (Wildman–Crippen MR) is 147 cm³/mol. The van der Waals surface area contributed by atoms with Crippen LogP contribution in [0.15, 0.2) is 46.2 Å². The molecule has 1 N–H and O–H groups in total. The number of anilines is 1. The van der Waals surface area contributed by atoms with Gasteiger partial charge in [-0.3, -0.25) is 29.3 Å². The lowest BCUT2D eigenvalue weighted by Crippen LogP contribution is -2.39. The Hall–Kier alpha value is -3.58. The maximum Gasteiger partial charge on any atom is 0.335 e. The Morgan fingerprint density at radius 2 is 1.74 bits per heavy atom. The number of carbonyl (C=O) groups is 2. The average molecular weight is 576 g/mol. The number of hydrogen-bond acceptors (Lipinski definition) is 9. The van der Waals surface area contributed by atoms with Crippen LogP contribution in [-0.2, 0) is 14.8 Å². The standard InChI is InChI=1S/C26H29N3O8S2/c1-26(13-5-4-6-14-26)16-28-24(30)20(38-25(28)31)15-17-7-9-18(10-8-17)27-39(34,35)21-12-11-19(36-2)23(37-3)22(21)29(32)33/h7-12,15,27H,4-6,13-14,16H2,1-3H3. The average Bonchev–Trinajstić information content (AvgIpc) is 3.15. The van der Waals surface area contributed by atoms with Crippen molar-refractivity contribution < 1.29 is 32.4 Å². The van der Waals surface area contributed by atoms with E-state index in [1.54, 1.807) is 18.2 Å². The van der Waals surface area contributed by atoms with Crippen LogP contribution in [0.1, 0.15) is 44.6 Å². The first-order valence-electron chi connectivity index (χ1n) is 12.3. The van der Waals surface area contributed by atoms with Crippen molar-refractivity contribution in [2.24, 2.45) is 5.41 Å². The molecule has 0 unspecified atom stereocenters. The molecule has 208 valence electrons.